The molecule has 202 valence electrons. The number of H-pyrrole nitrogens is 1. The maximum Gasteiger partial charge on any atom is 0.434 e. The number of fused-ring (bicyclic) bond motifs is 3. The fourth-order valence-electron chi connectivity index (χ4n) is 5.04. The summed E-state index contributed by atoms with van der Waals surface area (Å²) in [5.41, 5.74) is 2.39. The number of alkyl halides is 3. The average molecular weight is 567 g/mol. The van der Waals surface area contributed by atoms with Crippen molar-refractivity contribution in [3.8, 4) is 0 Å². The maximum atomic E-state index is 13.2. The van der Waals surface area contributed by atoms with E-state index < -0.39 is 16.9 Å². The molecule has 0 spiro atoms. The summed E-state index contributed by atoms with van der Waals surface area (Å²) in [6.45, 7) is 4.24. The molecule has 1 aliphatic rings. The molecule has 7 nitrogen and oxygen atoms in total. The van der Waals surface area contributed by atoms with Crippen LogP contribution in [-0.4, -0.2) is 52.2 Å². The monoisotopic (exact) mass is 566 g/mol. The third-order valence-electron chi connectivity index (χ3n) is 6.85. The predicted molar refractivity (Wildman–Crippen MR) is 143 cm³/mol. The number of hydrogen-bond acceptors (Lipinski definition) is 4. The van der Waals surface area contributed by atoms with Crippen molar-refractivity contribution >= 4 is 39.9 Å². The van der Waals surface area contributed by atoms with Gasteiger partial charge >= 0.3 is 6.18 Å². The van der Waals surface area contributed by atoms with Crippen molar-refractivity contribution in [2.24, 2.45) is 7.05 Å². The van der Waals surface area contributed by atoms with Gasteiger partial charge in [-0.2, -0.15) is 13.2 Å². The highest BCUT2D eigenvalue weighted by molar-refractivity contribution is 6.31. The Bertz CT molecular complexity index is 1420. The lowest BCUT2D eigenvalue weighted by Gasteiger charge is -2.36. The highest BCUT2D eigenvalue weighted by atomic mass is 35.5. The Balaban J connectivity index is 1.29. The molecule has 0 bridgehead atoms. The first-order chi connectivity index (χ1) is 18.2. The summed E-state index contributed by atoms with van der Waals surface area (Å²) >= 11 is 12.0. The van der Waals surface area contributed by atoms with Gasteiger partial charge in [0.05, 0.1) is 18.1 Å². The number of rotatable bonds is 9. The van der Waals surface area contributed by atoms with Gasteiger partial charge in [0.1, 0.15) is 24.8 Å². The Kier molecular flexibility index (Phi) is 7.85. The lowest BCUT2D eigenvalue weighted by atomic mass is 9.97. The van der Waals surface area contributed by atoms with Crippen LogP contribution in [0.4, 0.5) is 19.0 Å². The van der Waals surface area contributed by atoms with Gasteiger partial charge in [0.2, 0.25) is 6.33 Å². The van der Waals surface area contributed by atoms with Crippen LogP contribution in [0.5, 0.6) is 0 Å². The SMILES string of the molecule is C[n+]1ccn(CCNCC2c3[nH]c4ccc(Cl)cc4c3CCN2CCNc2ccc(Cl)c(C(F)(F)F)n2)c1. The van der Waals surface area contributed by atoms with E-state index >= 15 is 0 Å². The quantitative estimate of drug-likeness (QED) is 0.201. The van der Waals surface area contributed by atoms with Gasteiger partial charge in [-0.05, 0) is 42.3 Å². The van der Waals surface area contributed by atoms with Gasteiger partial charge < -0.3 is 15.6 Å². The summed E-state index contributed by atoms with van der Waals surface area (Å²) in [7, 11) is 1.99. The third kappa shape index (κ3) is 5.93. The normalized spacial score (nSPS) is 16.2. The molecule has 12 heteroatoms. The molecule has 0 aliphatic carbocycles. The molecule has 1 unspecified atom stereocenters. The zero-order valence-corrected chi connectivity index (χ0v) is 22.3. The van der Waals surface area contributed by atoms with E-state index in [0.29, 0.717) is 18.1 Å². The number of imidazole rings is 1. The molecular weight excluding hydrogens is 538 g/mol. The number of aromatic amines is 1. The highest BCUT2D eigenvalue weighted by Gasteiger charge is 2.35. The molecule has 4 aromatic rings. The summed E-state index contributed by atoms with van der Waals surface area (Å²) < 4.78 is 43.7. The van der Waals surface area contributed by atoms with Gasteiger partial charge in [0.25, 0.3) is 0 Å². The minimum Gasteiger partial charge on any atom is -0.369 e. The smallest absolute Gasteiger partial charge is 0.369 e. The topological polar surface area (TPSA) is 64.8 Å². The fourth-order valence-corrected chi connectivity index (χ4v) is 5.42. The first-order valence-electron chi connectivity index (χ1n) is 12.4. The highest BCUT2D eigenvalue weighted by Crippen LogP contribution is 2.36. The van der Waals surface area contributed by atoms with Gasteiger partial charge in [-0.15, -0.1) is 0 Å². The maximum absolute atomic E-state index is 13.2. The van der Waals surface area contributed by atoms with Gasteiger partial charge in [0, 0.05) is 54.3 Å². The number of aromatic nitrogens is 4. The van der Waals surface area contributed by atoms with E-state index in [1.54, 1.807) is 0 Å². The number of hydrogen-bond donors (Lipinski definition) is 3. The number of nitrogens with one attached hydrogen (secondary N) is 3. The lowest BCUT2D eigenvalue weighted by Crippen LogP contribution is -2.43. The Hall–Kier alpha value is -2.79. The van der Waals surface area contributed by atoms with Gasteiger partial charge in [-0.3, -0.25) is 4.90 Å². The first kappa shape index (κ1) is 26.8. The second kappa shape index (κ2) is 11.1. The molecule has 0 amide bonds. The zero-order valence-electron chi connectivity index (χ0n) is 20.8. The predicted octanol–water partition coefficient (Wildman–Crippen LogP) is 4.82. The van der Waals surface area contributed by atoms with Crippen molar-refractivity contribution < 1.29 is 17.7 Å². The van der Waals surface area contributed by atoms with E-state index in [2.05, 4.69) is 30.1 Å². The minimum absolute atomic E-state index is 0.0661. The van der Waals surface area contributed by atoms with Crippen LogP contribution in [-0.2, 0) is 26.2 Å². The molecule has 0 saturated carbocycles. The van der Waals surface area contributed by atoms with Crippen molar-refractivity contribution in [2.45, 2.75) is 25.2 Å². The van der Waals surface area contributed by atoms with Crippen molar-refractivity contribution in [1.29, 1.82) is 0 Å². The van der Waals surface area contributed by atoms with Crippen molar-refractivity contribution in [1.82, 2.24) is 24.8 Å². The molecule has 38 heavy (non-hydrogen) atoms. The van der Waals surface area contributed by atoms with E-state index in [9.17, 15) is 13.2 Å². The zero-order chi connectivity index (χ0) is 26.9. The van der Waals surface area contributed by atoms with Gasteiger partial charge in [0.15, 0.2) is 5.69 Å². The van der Waals surface area contributed by atoms with Crippen LogP contribution in [0.3, 0.4) is 0 Å². The summed E-state index contributed by atoms with van der Waals surface area (Å²) in [6.07, 6.45) is 2.32. The summed E-state index contributed by atoms with van der Waals surface area (Å²) in [6, 6.07) is 8.64. The standard InChI is InChI=1S/C26H29Cl2F3N7/c1-36-12-13-37(16-36)10-7-32-15-22-24-18(19-14-17(27)2-4-21(19)34-24)6-9-38(22)11-8-33-23-5-3-20(28)25(35-23)26(29,30)31/h2-5,12-14,16,22,32,34H,6-11,15H2,1H3,(H,33,35)/q+1. The van der Waals surface area contributed by atoms with Crippen molar-refractivity contribution in [2.75, 3.05) is 38.0 Å². The molecule has 3 aromatic heterocycles. The van der Waals surface area contributed by atoms with Crippen LogP contribution in [0.2, 0.25) is 10.0 Å². The molecule has 5 rings (SSSR count). The summed E-state index contributed by atoms with van der Waals surface area (Å²) in [5, 5.41) is 8.05. The molecule has 1 atom stereocenters. The molecule has 0 radical (unpaired) electrons. The summed E-state index contributed by atoms with van der Waals surface area (Å²) in [4.78, 5) is 9.63. The second-order valence-corrected chi connectivity index (χ2v) is 10.3. The van der Waals surface area contributed by atoms with Crippen LogP contribution in [0.25, 0.3) is 10.9 Å². The molecule has 3 N–H and O–H groups in total. The summed E-state index contributed by atoms with van der Waals surface area (Å²) in [5.74, 6) is 0.147. The Morgan fingerprint density at radius 2 is 2.00 bits per heavy atom. The number of benzene rings is 1. The average Bonchev–Trinajstić information content (AvgIpc) is 3.45. The van der Waals surface area contributed by atoms with Crippen LogP contribution in [0.15, 0.2) is 49.1 Å². The Morgan fingerprint density at radius 3 is 2.76 bits per heavy atom. The number of aryl methyl sites for hydroxylation is 1. The lowest BCUT2D eigenvalue weighted by molar-refractivity contribution is -0.671. The van der Waals surface area contributed by atoms with E-state index in [-0.39, 0.29) is 11.9 Å². The molecule has 0 saturated heterocycles. The molecule has 4 heterocycles. The number of halogens is 5. The van der Waals surface area contributed by atoms with E-state index in [4.69, 9.17) is 23.2 Å². The van der Waals surface area contributed by atoms with E-state index in [1.807, 2.05) is 48.5 Å². The van der Waals surface area contributed by atoms with Gasteiger partial charge in [-0.25, -0.2) is 14.1 Å². The van der Waals surface area contributed by atoms with E-state index in [0.717, 1.165) is 49.2 Å². The minimum atomic E-state index is -4.61. The van der Waals surface area contributed by atoms with E-state index in [1.165, 1.54) is 17.7 Å². The third-order valence-corrected chi connectivity index (χ3v) is 7.39. The molecule has 1 aliphatic heterocycles. The van der Waals surface area contributed by atoms with Crippen LogP contribution >= 0.6 is 23.2 Å². The molecule has 1 aromatic carbocycles. The largest absolute Gasteiger partial charge is 0.434 e. The number of pyridine rings is 1. The second-order valence-electron chi connectivity index (χ2n) is 9.48. The number of nitrogens with zero attached hydrogens (tertiary/aromatic N) is 4. The van der Waals surface area contributed by atoms with Crippen LogP contribution < -0.4 is 15.2 Å². The Morgan fingerprint density at radius 1 is 1.16 bits per heavy atom. The van der Waals surface area contributed by atoms with Crippen molar-refractivity contribution in [3.05, 3.63) is 76.0 Å². The molecular formula is C26H29Cl2F3N7+. The Labute approximate surface area is 228 Å². The van der Waals surface area contributed by atoms with Crippen molar-refractivity contribution in [3.63, 3.8) is 0 Å². The number of anilines is 1. The van der Waals surface area contributed by atoms with Crippen LogP contribution in [0.1, 0.15) is 23.0 Å². The van der Waals surface area contributed by atoms with Crippen LogP contribution in [0, 0.1) is 0 Å². The molecule has 0 fully saturated rings. The first-order valence-corrected chi connectivity index (χ1v) is 13.2. The fraction of sp³-hybridized carbons (Fsp3) is 0.385. The van der Waals surface area contributed by atoms with Gasteiger partial charge in [-0.1, -0.05) is 23.2 Å².